The molecule has 1 aromatic rings. The lowest BCUT2D eigenvalue weighted by Crippen LogP contribution is -2.29. The Hall–Kier alpha value is -1.91. The number of carbonyl (C=O) groups is 1. The van der Waals surface area contributed by atoms with Crippen LogP contribution in [-0.4, -0.2) is 42.3 Å². The number of ketones is 1. The molecule has 4 heteroatoms. The third-order valence-corrected chi connectivity index (χ3v) is 4.17. The van der Waals surface area contributed by atoms with Gasteiger partial charge in [0, 0.05) is 25.2 Å². The number of aliphatic hydroxyl groups excluding tert-OH is 2. The molecule has 0 aliphatic heterocycles. The van der Waals surface area contributed by atoms with Gasteiger partial charge in [-0.3, -0.25) is 4.79 Å². The van der Waals surface area contributed by atoms with E-state index in [1.165, 1.54) is 0 Å². The molecule has 0 unspecified atom stereocenters. The number of aliphatic hydroxyl groups is 2. The summed E-state index contributed by atoms with van der Waals surface area (Å²) in [6, 6.07) is 7.97. The zero-order valence-electron chi connectivity index (χ0n) is 14.5. The molecule has 0 amide bonds. The van der Waals surface area contributed by atoms with Crippen molar-refractivity contribution in [1.29, 1.82) is 0 Å². The summed E-state index contributed by atoms with van der Waals surface area (Å²) in [6.07, 6.45) is 7.32. The smallest absolute Gasteiger partial charge is 0.156 e. The van der Waals surface area contributed by atoms with Crippen molar-refractivity contribution in [1.82, 2.24) is 0 Å². The van der Waals surface area contributed by atoms with Gasteiger partial charge in [0.2, 0.25) is 0 Å². The van der Waals surface area contributed by atoms with Gasteiger partial charge in [-0.25, -0.2) is 0 Å². The van der Waals surface area contributed by atoms with Gasteiger partial charge >= 0.3 is 0 Å². The molecule has 0 fully saturated rings. The molecule has 0 bridgehead atoms. The van der Waals surface area contributed by atoms with Gasteiger partial charge in [-0.05, 0) is 41.2 Å². The Kier molecular flexibility index (Phi) is 6.35. The van der Waals surface area contributed by atoms with E-state index in [1.807, 2.05) is 41.3 Å². The number of carbonyl (C=O) groups excluding carboxylic acids is 1. The van der Waals surface area contributed by atoms with Crippen LogP contribution in [0.1, 0.15) is 32.3 Å². The van der Waals surface area contributed by atoms with Crippen LogP contribution in [-0.2, 0) is 4.79 Å². The molecular formula is C20H27NO3. The SMILES string of the molecule is CC1(C)CC(=O)C=C(C=Cc2ccc(N(CCO)CCO)cc2)C1. The maximum Gasteiger partial charge on any atom is 0.156 e. The summed E-state index contributed by atoms with van der Waals surface area (Å²) < 4.78 is 0. The minimum Gasteiger partial charge on any atom is -0.395 e. The van der Waals surface area contributed by atoms with E-state index in [-0.39, 0.29) is 24.4 Å². The molecule has 2 N–H and O–H groups in total. The van der Waals surface area contributed by atoms with E-state index in [9.17, 15) is 4.79 Å². The highest BCUT2D eigenvalue weighted by Crippen LogP contribution is 2.34. The lowest BCUT2D eigenvalue weighted by atomic mass is 9.77. The molecule has 1 aromatic carbocycles. The second-order valence-electron chi connectivity index (χ2n) is 7.06. The Morgan fingerprint density at radius 2 is 1.67 bits per heavy atom. The first kappa shape index (κ1) is 18.4. The van der Waals surface area contributed by atoms with Crippen molar-refractivity contribution in [3.8, 4) is 0 Å². The fourth-order valence-electron chi connectivity index (χ4n) is 3.11. The van der Waals surface area contributed by atoms with Crippen LogP contribution in [0.4, 0.5) is 5.69 Å². The van der Waals surface area contributed by atoms with Crippen LogP contribution in [0.15, 0.2) is 42.0 Å². The number of hydrogen-bond donors (Lipinski definition) is 2. The molecule has 1 aliphatic carbocycles. The molecule has 0 aromatic heterocycles. The first-order valence-corrected chi connectivity index (χ1v) is 8.42. The number of allylic oxidation sites excluding steroid dienone is 3. The van der Waals surface area contributed by atoms with Gasteiger partial charge in [0.1, 0.15) is 0 Å². The molecule has 0 saturated heterocycles. The summed E-state index contributed by atoms with van der Waals surface area (Å²) in [5.41, 5.74) is 3.14. The third kappa shape index (κ3) is 5.32. The predicted molar refractivity (Wildman–Crippen MR) is 98.0 cm³/mol. The molecule has 0 spiro atoms. The predicted octanol–water partition coefficient (Wildman–Crippen LogP) is 2.81. The largest absolute Gasteiger partial charge is 0.395 e. The van der Waals surface area contributed by atoms with Crippen molar-refractivity contribution < 1.29 is 15.0 Å². The van der Waals surface area contributed by atoms with Crippen LogP contribution in [0.3, 0.4) is 0 Å². The minimum atomic E-state index is 0.0322. The number of hydrogen-bond acceptors (Lipinski definition) is 4. The highest BCUT2D eigenvalue weighted by molar-refractivity contribution is 5.92. The number of anilines is 1. The van der Waals surface area contributed by atoms with Crippen LogP contribution >= 0.6 is 0 Å². The van der Waals surface area contributed by atoms with Crippen molar-refractivity contribution in [2.24, 2.45) is 5.41 Å². The zero-order chi connectivity index (χ0) is 17.6. The molecule has 0 heterocycles. The van der Waals surface area contributed by atoms with E-state index < -0.39 is 0 Å². The fraction of sp³-hybridized carbons (Fsp3) is 0.450. The van der Waals surface area contributed by atoms with Crippen molar-refractivity contribution in [3.05, 3.63) is 47.6 Å². The van der Waals surface area contributed by atoms with E-state index in [2.05, 4.69) is 13.8 Å². The summed E-state index contributed by atoms with van der Waals surface area (Å²) >= 11 is 0. The van der Waals surface area contributed by atoms with Crippen molar-refractivity contribution in [2.45, 2.75) is 26.7 Å². The van der Waals surface area contributed by atoms with Crippen LogP contribution in [0.25, 0.3) is 6.08 Å². The van der Waals surface area contributed by atoms with Gasteiger partial charge in [0.25, 0.3) is 0 Å². The highest BCUT2D eigenvalue weighted by Gasteiger charge is 2.26. The number of rotatable bonds is 7. The van der Waals surface area contributed by atoms with Crippen LogP contribution in [0.2, 0.25) is 0 Å². The normalized spacial score (nSPS) is 17.2. The van der Waals surface area contributed by atoms with E-state index >= 15 is 0 Å². The molecule has 24 heavy (non-hydrogen) atoms. The Bertz CT molecular complexity index is 608. The average molecular weight is 329 g/mol. The van der Waals surface area contributed by atoms with E-state index in [1.54, 1.807) is 6.08 Å². The first-order chi connectivity index (χ1) is 11.4. The van der Waals surface area contributed by atoms with Crippen molar-refractivity contribution in [2.75, 3.05) is 31.2 Å². The monoisotopic (exact) mass is 329 g/mol. The highest BCUT2D eigenvalue weighted by atomic mass is 16.3. The molecule has 1 aliphatic rings. The average Bonchev–Trinajstić information content (AvgIpc) is 2.51. The fourth-order valence-corrected chi connectivity index (χ4v) is 3.11. The lowest BCUT2D eigenvalue weighted by Gasteiger charge is -2.27. The molecular weight excluding hydrogens is 302 g/mol. The maximum absolute atomic E-state index is 11.8. The van der Waals surface area contributed by atoms with Crippen LogP contribution < -0.4 is 4.90 Å². The Balaban J connectivity index is 2.07. The number of benzene rings is 1. The Morgan fingerprint density at radius 1 is 1.04 bits per heavy atom. The summed E-state index contributed by atoms with van der Waals surface area (Å²) in [5.74, 6) is 0.199. The maximum atomic E-state index is 11.8. The zero-order valence-corrected chi connectivity index (χ0v) is 14.5. The van der Waals surface area contributed by atoms with Gasteiger partial charge < -0.3 is 15.1 Å². The van der Waals surface area contributed by atoms with Gasteiger partial charge in [-0.2, -0.15) is 0 Å². The Morgan fingerprint density at radius 3 is 2.21 bits per heavy atom. The molecule has 0 saturated carbocycles. The first-order valence-electron chi connectivity index (χ1n) is 8.42. The van der Waals surface area contributed by atoms with E-state index in [4.69, 9.17) is 10.2 Å². The molecule has 0 radical (unpaired) electrons. The topological polar surface area (TPSA) is 60.8 Å². The molecule has 0 atom stereocenters. The quantitative estimate of drug-likeness (QED) is 0.807. The molecule has 2 rings (SSSR count). The van der Waals surface area contributed by atoms with Gasteiger partial charge in [0.15, 0.2) is 5.78 Å². The van der Waals surface area contributed by atoms with Crippen molar-refractivity contribution >= 4 is 17.5 Å². The summed E-state index contributed by atoms with van der Waals surface area (Å²) in [5, 5.41) is 18.2. The van der Waals surface area contributed by atoms with E-state index in [0.29, 0.717) is 19.5 Å². The summed E-state index contributed by atoms with van der Waals surface area (Å²) in [7, 11) is 0. The molecule has 4 nitrogen and oxygen atoms in total. The second kappa shape index (κ2) is 8.27. The summed E-state index contributed by atoms with van der Waals surface area (Å²) in [4.78, 5) is 13.7. The van der Waals surface area contributed by atoms with Gasteiger partial charge in [-0.15, -0.1) is 0 Å². The van der Waals surface area contributed by atoms with Crippen LogP contribution in [0, 0.1) is 5.41 Å². The second-order valence-corrected chi connectivity index (χ2v) is 7.06. The van der Waals surface area contributed by atoms with Gasteiger partial charge in [-0.1, -0.05) is 38.1 Å². The molecule has 130 valence electrons. The van der Waals surface area contributed by atoms with Crippen molar-refractivity contribution in [3.63, 3.8) is 0 Å². The van der Waals surface area contributed by atoms with Crippen LogP contribution in [0.5, 0.6) is 0 Å². The minimum absolute atomic E-state index is 0.0322. The lowest BCUT2D eigenvalue weighted by molar-refractivity contribution is -0.116. The Labute approximate surface area is 144 Å². The van der Waals surface area contributed by atoms with E-state index in [0.717, 1.165) is 23.2 Å². The van der Waals surface area contributed by atoms with Gasteiger partial charge in [0.05, 0.1) is 13.2 Å². The summed E-state index contributed by atoms with van der Waals surface area (Å²) in [6.45, 7) is 5.35. The third-order valence-electron chi connectivity index (χ3n) is 4.17. The standard InChI is InChI=1S/C20H27NO3/c1-20(2)14-17(13-19(24)15-20)4-3-16-5-7-18(8-6-16)21(9-11-22)10-12-23/h3-8,13,22-23H,9-12,14-15H2,1-2H3. The number of nitrogens with zero attached hydrogens (tertiary/aromatic N) is 1.